The third kappa shape index (κ3) is 12.6. The van der Waals surface area contributed by atoms with Crippen molar-refractivity contribution in [2.24, 2.45) is 0 Å². The van der Waals surface area contributed by atoms with Crippen LogP contribution in [-0.4, -0.2) is 60.9 Å². The molecular weight excluding hydrogens is 562 g/mol. The predicted molar refractivity (Wildman–Crippen MR) is 146 cm³/mol. The van der Waals surface area contributed by atoms with Gasteiger partial charge < -0.3 is 50.4 Å². The van der Waals surface area contributed by atoms with Gasteiger partial charge in [0, 0.05) is 37.3 Å². The lowest BCUT2D eigenvalue weighted by atomic mass is 10.0. The van der Waals surface area contributed by atoms with E-state index in [0.29, 0.717) is 18.5 Å². The van der Waals surface area contributed by atoms with E-state index in [1.807, 2.05) is 6.92 Å². The summed E-state index contributed by atoms with van der Waals surface area (Å²) in [4.78, 5) is 72.3. The fraction of sp³-hybridized carbons (Fsp3) is 0.400. The van der Waals surface area contributed by atoms with Crippen LogP contribution in [0, 0.1) is 0 Å². The van der Waals surface area contributed by atoms with Crippen LogP contribution in [0.2, 0.25) is 0 Å². The van der Waals surface area contributed by atoms with Crippen molar-refractivity contribution in [2.75, 3.05) is 13.2 Å². The first-order chi connectivity index (χ1) is 20.5. The van der Waals surface area contributed by atoms with Crippen molar-refractivity contribution < 1.29 is 48.8 Å². The van der Waals surface area contributed by atoms with Crippen LogP contribution in [0.4, 0.5) is 0 Å². The molecule has 2 aromatic rings. The molecule has 232 valence electrons. The molecule has 2 atom stereocenters. The summed E-state index contributed by atoms with van der Waals surface area (Å²) in [7, 11) is 0. The number of amides is 3. The molecule has 0 aromatic heterocycles. The van der Waals surface area contributed by atoms with Gasteiger partial charge in [-0.05, 0) is 36.1 Å². The molecule has 0 saturated heterocycles. The lowest BCUT2D eigenvalue weighted by Crippen LogP contribution is -2.55. The first kappa shape index (κ1) is 34.3. The van der Waals surface area contributed by atoms with Crippen molar-refractivity contribution in [1.82, 2.24) is 16.0 Å². The average molecular weight is 597 g/mol. The van der Waals surface area contributed by atoms with Crippen molar-refractivity contribution in [3.8, 4) is 5.75 Å². The van der Waals surface area contributed by atoms with E-state index in [4.69, 9.17) is 4.74 Å². The zero-order valence-electron chi connectivity index (χ0n) is 23.7. The molecule has 43 heavy (non-hydrogen) atoms. The minimum atomic E-state index is -1.65. The van der Waals surface area contributed by atoms with Crippen LogP contribution >= 0.6 is 0 Å². The van der Waals surface area contributed by atoms with E-state index in [-0.39, 0.29) is 24.2 Å². The number of carbonyl (C=O) groups is 6. The van der Waals surface area contributed by atoms with E-state index >= 15 is 0 Å². The van der Waals surface area contributed by atoms with E-state index in [1.165, 1.54) is 12.1 Å². The summed E-state index contributed by atoms with van der Waals surface area (Å²) in [5.74, 6) is -6.90. The van der Waals surface area contributed by atoms with E-state index in [1.54, 1.807) is 30.3 Å². The van der Waals surface area contributed by atoms with Crippen molar-refractivity contribution in [2.45, 2.75) is 64.0 Å². The molecule has 0 aliphatic rings. The van der Waals surface area contributed by atoms with Gasteiger partial charge in [0.1, 0.15) is 24.4 Å². The molecule has 0 aliphatic carbocycles. The summed E-state index contributed by atoms with van der Waals surface area (Å²) in [6.07, 6.45) is 1.35. The smallest absolute Gasteiger partial charge is 0.243 e. The molecule has 0 radical (unpaired) electrons. The monoisotopic (exact) mass is 596 g/mol. The lowest BCUT2D eigenvalue weighted by Gasteiger charge is -2.24. The predicted octanol–water partition coefficient (Wildman–Crippen LogP) is -2.23. The maximum absolute atomic E-state index is 13.5. The van der Waals surface area contributed by atoms with Gasteiger partial charge in [0.05, 0.1) is 11.9 Å². The molecule has 3 N–H and O–H groups in total. The van der Waals surface area contributed by atoms with Crippen molar-refractivity contribution in [3.05, 3.63) is 65.2 Å². The molecule has 13 heteroatoms. The highest BCUT2D eigenvalue weighted by Crippen LogP contribution is 2.21. The summed E-state index contributed by atoms with van der Waals surface area (Å²) in [5, 5.41) is 41.1. The SMILES string of the molecule is CCCCCNC(=O)C(Cc1ccc(OCC(=O)[O-])c(C(=O)[O-])c1)NC(=O)C(Cc1ccccc1)NC(=O)CCC(=O)[O-]. The molecule has 0 spiro atoms. The average Bonchev–Trinajstić information content (AvgIpc) is 2.97. The molecule has 3 amide bonds. The van der Waals surface area contributed by atoms with E-state index in [9.17, 15) is 44.1 Å². The van der Waals surface area contributed by atoms with Gasteiger partial charge in [0.2, 0.25) is 17.7 Å². The number of rotatable bonds is 19. The summed E-state index contributed by atoms with van der Waals surface area (Å²) in [5.41, 5.74) is 0.509. The van der Waals surface area contributed by atoms with Crippen molar-refractivity contribution in [1.29, 1.82) is 0 Å². The number of hydrogen-bond acceptors (Lipinski definition) is 10. The number of carboxylic acids is 3. The summed E-state index contributed by atoms with van der Waals surface area (Å²) >= 11 is 0. The molecule has 0 bridgehead atoms. The Morgan fingerprint density at radius 3 is 2.07 bits per heavy atom. The topological polar surface area (TPSA) is 217 Å². The fourth-order valence-corrected chi connectivity index (χ4v) is 4.09. The number of carbonyl (C=O) groups excluding carboxylic acids is 6. The number of hydrogen-bond donors (Lipinski definition) is 3. The number of unbranched alkanes of at least 4 members (excludes halogenated alkanes) is 2. The molecule has 0 saturated carbocycles. The number of nitrogens with one attached hydrogen (secondary N) is 3. The van der Waals surface area contributed by atoms with Crippen LogP contribution in [0.3, 0.4) is 0 Å². The maximum Gasteiger partial charge on any atom is 0.243 e. The molecule has 2 rings (SSSR count). The highest BCUT2D eigenvalue weighted by molar-refractivity contribution is 5.93. The van der Waals surface area contributed by atoms with Gasteiger partial charge in [0.25, 0.3) is 0 Å². The molecule has 2 unspecified atom stereocenters. The Bertz CT molecular complexity index is 1280. The Morgan fingerprint density at radius 2 is 1.44 bits per heavy atom. The van der Waals surface area contributed by atoms with E-state index in [2.05, 4.69) is 16.0 Å². The third-order valence-electron chi connectivity index (χ3n) is 6.25. The summed E-state index contributed by atoms with van der Waals surface area (Å²) < 4.78 is 4.95. The minimum absolute atomic E-state index is 0.0356. The van der Waals surface area contributed by atoms with Crippen LogP contribution in [0.15, 0.2) is 48.5 Å². The standard InChI is InChI=1S/C30H37N3O10/c1-2-3-7-14-31-28(39)22(17-20-10-11-24(43-18-27(37)38)21(15-20)30(41)42)33-29(40)23(16-19-8-5-4-6-9-19)32-25(34)12-13-26(35)36/h4-6,8-11,15,22-23H,2-3,7,12-14,16-18H2,1H3,(H,31,39)(H,32,34)(H,33,40)(H,35,36)(H,37,38)(H,41,42)/p-3. The van der Waals surface area contributed by atoms with Crippen LogP contribution in [0.25, 0.3) is 0 Å². The zero-order chi connectivity index (χ0) is 31.8. The number of benzene rings is 2. The lowest BCUT2D eigenvalue weighted by molar-refractivity contribution is -0.308. The third-order valence-corrected chi connectivity index (χ3v) is 6.25. The second-order valence-corrected chi connectivity index (χ2v) is 9.72. The number of aliphatic carboxylic acids is 2. The molecule has 2 aromatic carbocycles. The number of carboxylic acid groups (broad SMARTS) is 3. The second kappa shape index (κ2) is 17.8. The maximum atomic E-state index is 13.5. The first-order valence-corrected chi connectivity index (χ1v) is 13.8. The first-order valence-electron chi connectivity index (χ1n) is 13.8. The largest absolute Gasteiger partial charge is 0.550 e. The highest BCUT2D eigenvalue weighted by atomic mass is 16.5. The molecule has 0 heterocycles. The number of aromatic carboxylic acids is 1. The second-order valence-electron chi connectivity index (χ2n) is 9.72. The van der Waals surface area contributed by atoms with Gasteiger partial charge in [-0.1, -0.05) is 56.2 Å². The van der Waals surface area contributed by atoms with Gasteiger partial charge in [0.15, 0.2) is 0 Å². The zero-order valence-corrected chi connectivity index (χ0v) is 23.7. The van der Waals surface area contributed by atoms with Gasteiger partial charge in [-0.25, -0.2) is 0 Å². The Balaban J connectivity index is 2.32. The molecule has 13 nitrogen and oxygen atoms in total. The normalized spacial score (nSPS) is 11.9. The van der Waals surface area contributed by atoms with Gasteiger partial charge in [-0.2, -0.15) is 0 Å². The highest BCUT2D eigenvalue weighted by Gasteiger charge is 2.27. The fourth-order valence-electron chi connectivity index (χ4n) is 4.09. The minimum Gasteiger partial charge on any atom is -0.550 e. The van der Waals surface area contributed by atoms with Crippen molar-refractivity contribution in [3.63, 3.8) is 0 Å². The van der Waals surface area contributed by atoms with Crippen molar-refractivity contribution >= 4 is 35.6 Å². The van der Waals surface area contributed by atoms with E-state index < -0.39 is 72.7 Å². The van der Waals surface area contributed by atoms with Crippen LogP contribution in [-0.2, 0) is 36.8 Å². The van der Waals surface area contributed by atoms with Gasteiger partial charge in [-0.3, -0.25) is 14.4 Å². The summed E-state index contributed by atoms with van der Waals surface area (Å²) in [6, 6.07) is 10.1. The summed E-state index contributed by atoms with van der Waals surface area (Å²) in [6.45, 7) is 1.43. The molecule has 0 aliphatic heterocycles. The Morgan fingerprint density at radius 1 is 0.767 bits per heavy atom. The Kier molecular flexibility index (Phi) is 14.2. The van der Waals surface area contributed by atoms with Crippen LogP contribution in [0.5, 0.6) is 5.75 Å². The van der Waals surface area contributed by atoms with Gasteiger partial charge >= 0.3 is 0 Å². The Hall–Kier alpha value is -4.94. The van der Waals surface area contributed by atoms with Crippen LogP contribution < -0.4 is 36.0 Å². The Labute approximate surface area is 248 Å². The van der Waals surface area contributed by atoms with Gasteiger partial charge in [-0.15, -0.1) is 0 Å². The van der Waals surface area contributed by atoms with E-state index in [0.717, 1.165) is 18.9 Å². The molecule has 0 fully saturated rings. The quantitative estimate of drug-likeness (QED) is 0.148. The van der Waals surface area contributed by atoms with Crippen LogP contribution in [0.1, 0.15) is 60.5 Å². The molecular formula is C30H34N3O10-3. The number of ether oxygens (including phenoxy) is 1.